The average molecular weight is 215 g/mol. The molecular formula is C8H9NO4S. The topological polar surface area (TPSA) is 72.5 Å². The Labute approximate surface area is 81.7 Å². The second-order valence-electron chi connectivity index (χ2n) is 2.58. The molecule has 1 N–H and O–H groups in total. The number of benzene rings is 1. The van der Waals surface area contributed by atoms with E-state index in [1.807, 2.05) is 0 Å². The third kappa shape index (κ3) is 3.90. The highest BCUT2D eigenvalue weighted by atomic mass is 32.2. The van der Waals surface area contributed by atoms with Crippen molar-refractivity contribution in [1.29, 1.82) is 0 Å². The van der Waals surface area contributed by atoms with Crippen LogP contribution in [0.5, 0.6) is 5.75 Å². The lowest BCUT2D eigenvalue weighted by atomic mass is 10.3. The van der Waals surface area contributed by atoms with Crippen LogP contribution in [0, 0.1) is 0 Å². The predicted octanol–water partition coefficient (Wildman–Crippen LogP) is 0.735. The molecule has 1 amide bonds. The summed E-state index contributed by atoms with van der Waals surface area (Å²) in [5.41, 5.74) is 0. The molecule has 0 aromatic heterocycles. The van der Waals surface area contributed by atoms with E-state index in [1.165, 1.54) is 0 Å². The van der Waals surface area contributed by atoms with Gasteiger partial charge in [-0.2, -0.15) is 0 Å². The summed E-state index contributed by atoms with van der Waals surface area (Å²) < 4.78 is 27.6. The maximum absolute atomic E-state index is 10.9. The zero-order valence-electron chi connectivity index (χ0n) is 7.43. The van der Waals surface area contributed by atoms with E-state index in [9.17, 15) is 13.2 Å². The monoisotopic (exact) mass is 215 g/mol. The van der Waals surface area contributed by atoms with Gasteiger partial charge in [-0.15, -0.1) is 0 Å². The number of para-hydroxylation sites is 1. The van der Waals surface area contributed by atoms with Crippen LogP contribution < -0.4 is 9.46 Å². The molecule has 1 aromatic rings. The second-order valence-corrected chi connectivity index (χ2v) is 4.33. The van der Waals surface area contributed by atoms with E-state index in [2.05, 4.69) is 4.74 Å². The molecule has 0 atom stereocenters. The third-order valence-electron chi connectivity index (χ3n) is 1.22. The second kappa shape index (κ2) is 4.10. The van der Waals surface area contributed by atoms with Crippen LogP contribution in [0.3, 0.4) is 0 Å². The molecule has 0 bridgehead atoms. The summed E-state index contributed by atoms with van der Waals surface area (Å²) in [6.07, 6.45) is -0.141. The summed E-state index contributed by atoms with van der Waals surface area (Å²) in [7, 11) is -3.57. The molecule has 1 rings (SSSR count). The Kier molecular flexibility index (Phi) is 3.08. The van der Waals surface area contributed by atoms with Crippen LogP contribution in [0.25, 0.3) is 0 Å². The van der Waals surface area contributed by atoms with Crippen LogP contribution in [0.15, 0.2) is 30.3 Å². The lowest BCUT2D eigenvalue weighted by Crippen LogP contribution is -2.31. The van der Waals surface area contributed by atoms with E-state index >= 15 is 0 Å². The highest BCUT2D eigenvalue weighted by molar-refractivity contribution is 7.89. The Morgan fingerprint density at radius 1 is 1.29 bits per heavy atom. The van der Waals surface area contributed by atoms with E-state index in [0.717, 1.165) is 6.26 Å². The minimum Gasteiger partial charge on any atom is -0.410 e. The lowest BCUT2D eigenvalue weighted by molar-refractivity contribution is 0.207. The van der Waals surface area contributed by atoms with E-state index < -0.39 is 16.1 Å². The van der Waals surface area contributed by atoms with Crippen LogP contribution in [0.4, 0.5) is 4.79 Å². The van der Waals surface area contributed by atoms with Crippen molar-refractivity contribution in [2.45, 2.75) is 0 Å². The number of ether oxygens (including phenoxy) is 1. The van der Waals surface area contributed by atoms with Gasteiger partial charge in [-0.1, -0.05) is 18.2 Å². The molecule has 0 aliphatic carbocycles. The van der Waals surface area contributed by atoms with Crippen LogP contribution >= 0.6 is 0 Å². The van der Waals surface area contributed by atoms with Crippen molar-refractivity contribution >= 4 is 16.1 Å². The van der Waals surface area contributed by atoms with Crippen molar-refractivity contribution in [1.82, 2.24) is 4.72 Å². The van der Waals surface area contributed by atoms with E-state index in [1.54, 1.807) is 35.1 Å². The quantitative estimate of drug-likeness (QED) is 0.789. The maximum Gasteiger partial charge on any atom is 0.426 e. The minimum atomic E-state index is -3.57. The Morgan fingerprint density at radius 3 is 2.36 bits per heavy atom. The average Bonchev–Trinajstić information content (AvgIpc) is 2.02. The fraction of sp³-hybridized carbons (Fsp3) is 0.125. The first-order valence-electron chi connectivity index (χ1n) is 3.72. The predicted molar refractivity (Wildman–Crippen MR) is 50.4 cm³/mol. The maximum atomic E-state index is 10.9. The van der Waals surface area contributed by atoms with Crippen molar-refractivity contribution in [3.05, 3.63) is 30.3 Å². The Balaban J connectivity index is 2.59. The van der Waals surface area contributed by atoms with Crippen molar-refractivity contribution in [2.24, 2.45) is 0 Å². The summed E-state index contributed by atoms with van der Waals surface area (Å²) in [5.74, 6) is 0.286. The standard InChI is InChI=1S/C8H9NO4S/c1-14(11,12)9-8(10)13-7-5-3-2-4-6-7/h2-6H,1H3,(H,9,10). The van der Waals surface area contributed by atoms with Gasteiger partial charge in [0.05, 0.1) is 6.26 Å². The van der Waals surface area contributed by atoms with Crippen molar-refractivity contribution in [3.8, 4) is 5.75 Å². The summed E-state index contributed by atoms with van der Waals surface area (Å²) >= 11 is 0. The molecule has 0 aliphatic heterocycles. The van der Waals surface area contributed by atoms with Crippen molar-refractivity contribution in [3.63, 3.8) is 0 Å². The minimum absolute atomic E-state index is 0.286. The number of carbonyl (C=O) groups excluding carboxylic acids is 1. The van der Waals surface area contributed by atoms with Gasteiger partial charge in [-0.25, -0.2) is 17.9 Å². The normalized spacial score (nSPS) is 10.6. The molecule has 0 heterocycles. The number of carbonyl (C=O) groups is 1. The van der Waals surface area contributed by atoms with Gasteiger partial charge in [0.1, 0.15) is 5.75 Å². The summed E-state index contributed by atoms with van der Waals surface area (Å²) in [4.78, 5) is 10.9. The van der Waals surface area contributed by atoms with Crippen LogP contribution in [0.1, 0.15) is 0 Å². The first-order valence-corrected chi connectivity index (χ1v) is 5.61. The molecule has 14 heavy (non-hydrogen) atoms. The van der Waals surface area contributed by atoms with Gasteiger partial charge < -0.3 is 4.74 Å². The zero-order valence-corrected chi connectivity index (χ0v) is 8.24. The fourth-order valence-corrected chi connectivity index (χ4v) is 1.11. The van der Waals surface area contributed by atoms with E-state index in [0.29, 0.717) is 0 Å². The zero-order chi connectivity index (χ0) is 10.6. The largest absolute Gasteiger partial charge is 0.426 e. The van der Waals surface area contributed by atoms with Gasteiger partial charge in [-0.3, -0.25) is 0 Å². The van der Waals surface area contributed by atoms with Gasteiger partial charge in [0.15, 0.2) is 0 Å². The van der Waals surface area contributed by atoms with Gasteiger partial charge in [-0.05, 0) is 12.1 Å². The fourth-order valence-electron chi connectivity index (χ4n) is 0.768. The van der Waals surface area contributed by atoms with Crippen LogP contribution in [0.2, 0.25) is 0 Å². The Morgan fingerprint density at radius 2 is 1.86 bits per heavy atom. The van der Waals surface area contributed by atoms with Gasteiger partial charge in [0.2, 0.25) is 10.0 Å². The molecule has 6 heteroatoms. The molecule has 0 saturated heterocycles. The molecule has 0 saturated carbocycles. The number of rotatable bonds is 2. The molecule has 0 radical (unpaired) electrons. The molecule has 76 valence electrons. The lowest BCUT2D eigenvalue weighted by Gasteiger charge is -2.03. The number of amides is 1. The van der Waals surface area contributed by atoms with Crippen LogP contribution in [-0.2, 0) is 10.0 Å². The van der Waals surface area contributed by atoms with Crippen LogP contribution in [-0.4, -0.2) is 20.8 Å². The highest BCUT2D eigenvalue weighted by Crippen LogP contribution is 2.08. The Hall–Kier alpha value is -1.56. The summed E-state index contributed by atoms with van der Waals surface area (Å²) in [6, 6.07) is 8.18. The molecule has 5 nitrogen and oxygen atoms in total. The van der Waals surface area contributed by atoms with E-state index in [-0.39, 0.29) is 5.75 Å². The molecular weight excluding hydrogens is 206 g/mol. The third-order valence-corrected chi connectivity index (χ3v) is 1.76. The van der Waals surface area contributed by atoms with Gasteiger partial charge in [0.25, 0.3) is 0 Å². The molecule has 0 aliphatic rings. The first-order chi connectivity index (χ1) is 6.47. The molecule has 1 aromatic carbocycles. The van der Waals surface area contributed by atoms with Gasteiger partial charge >= 0.3 is 6.09 Å². The summed E-state index contributed by atoms with van der Waals surface area (Å²) in [5, 5.41) is 0. The summed E-state index contributed by atoms with van der Waals surface area (Å²) in [6.45, 7) is 0. The molecule has 0 spiro atoms. The highest BCUT2D eigenvalue weighted by Gasteiger charge is 2.09. The number of hydrogen-bond donors (Lipinski definition) is 1. The van der Waals surface area contributed by atoms with Crippen molar-refractivity contribution < 1.29 is 17.9 Å². The van der Waals surface area contributed by atoms with E-state index in [4.69, 9.17) is 0 Å². The SMILES string of the molecule is CS(=O)(=O)NC(=O)Oc1ccccc1. The van der Waals surface area contributed by atoms with Gasteiger partial charge in [0, 0.05) is 0 Å². The molecule has 0 unspecified atom stereocenters. The number of sulfonamides is 1. The number of hydrogen-bond acceptors (Lipinski definition) is 4. The number of nitrogens with one attached hydrogen (secondary N) is 1. The van der Waals surface area contributed by atoms with Crippen molar-refractivity contribution in [2.75, 3.05) is 6.26 Å². The first kappa shape index (κ1) is 10.5. The molecule has 0 fully saturated rings. The smallest absolute Gasteiger partial charge is 0.410 e. The Bertz CT molecular complexity index is 412.